The van der Waals surface area contributed by atoms with Gasteiger partial charge in [0.15, 0.2) is 5.69 Å². The van der Waals surface area contributed by atoms with Crippen molar-refractivity contribution < 1.29 is 41.8 Å². The highest BCUT2D eigenvalue weighted by Gasteiger charge is 2.34. The second-order valence-electron chi connectivity index (χ2n) is 12.6. The number of aryl methyl sites for hydroxylation is 1. The van der Waals surface area contributed by atoms with Crippen LogP contribution >= 0.6 is 11.3 Å². The molecule has 2 aromatic heterocycles. The molecule has 3 aromatic rings. The number of carbonyl (C=O) groups excluding carboxylic acids is 3. The first-order chi connectivity index (χ1) is 21.4. The number of hydrogen-bond acceptors (Lipinski definition) is 9. The first-order valence-electron chi connectivity index (χ1n) is 14.5. The van der Waals surface area contributed by atoms with Gasteiger partial charge >= 0.3 is 12.2 Å². The Morgan fingerprint density at radius 1 is 1.00 bits per heavy atom. The number of anilines is 2. The highest BCUT2D eigenvalue weighted by Crippen LogP contribution is 2.37. The van der Waals surface area contributed by atoms with Gasteiger partial charge in [-0.05, 0) is 66.5 Å². The summed E-state index contributed by atoms with van der Waals surface area (Å²) in [6.45, 7) is 9.83. The minimum atomic E-state index is -1.43. The van der Waals surface area contributed by atoms with Gasteiger partial charge in [0, 0.05) is 7.05 Å². The van der Waals surface area contributed by atoms with Crippen LogP contribution in [-0.2, 0) is 21.3 Å². The first-order valence-corrected chi connectivity index (χ1v) is 15.3. The van der Waals surface area contributed by atoms with Gasteiger partial charge in [0.1, 0.15) is 45.1 Å². The second kappa shape index (κ2) is 13.7. The molecule has 4 rings (SSSR count). The highest BCUT2D eigenvalue weighted by molar-refractivity contribution is 7.19. The topological polar surface area (TPSA) is 146 Å². The van der Waals surface area contributed by atoms with Crippen LogP contribution in [0.4, 0.5) is 33.4 Å². The van der Waals surface area contributed by atoms with Crippen LogP contribution in [0.15, 0.2) is 24.4 Å². The van der Waals surface area contributed by atoms with Crippen molar-refractivity contribution in [1.29, 1.82) is 0 Å². The van der Waals surface area contributed by atoms with Crippen LogP contribution in [0.5, 0.6) is 0 Å². The van der Waals surface area contributed by atoms with Gasteiger partial charge < -0.3 is 24.8 Å². The number of alkyl carbamates (subject to hydrolysis) is 1. The van der Waals surface area contributed by atoms with Crippen LogP contribution in [-0.4, -0.2) is 62.9 Å². The maximum Gasteiger partial charge on any atom is 0.412 e. The lowest BCUT2D eigenvalue weighted by Gasteiger charge is -2.24. The van der Waals surface area contributed by atoms with E-state index in [1.54, 1.807) is 48.6 Å². The van der Waals surface area contributed by atoms with Gasteiger partial charge in [-0.1, -0.05) is 17.4 Å². The van der Waals surface area contributed by atoms with E-state index in [9.17, 15) is 23.2 Å². The number of aromatic nitrogens is 3. The zero-order chi connectivity index (χ0) is 34.0. The number of benzene rings is 1. The lowest BCUT2D eigenvalue weighted by Crippen LogP contribution is -2.45. The van der Waals surface area contributed by atoms with Gasteiger partial charge in [0.25, 0.3) is 5.91 Å². The summed E-state index contributed by atoms with van der Waals surface area (Å²) >= 11 is 0.687. The summed E-state index contributed by atoms with van der Waals surface area (Å²) in [7, 11) is 1.61. The maximum absolute atomic E-state index is 15.1. The van der Waals surface area contributed by atoms with Crippen molar-refractivity contribution in [1.82, 2.24) is 20.1 Å². The summed E-state index contributed by atoms with van der Waals surface area (Å²) in [5.74, 6) is -2.65. The summed E-state index contributed by atoms with van der Waals surface area (Å²) in [6, 6.07) is 2.31. The van der Waals surface area contributed by atoms with Crippen molar-refractivity contribution in [3.05, 3.63) is 47.4 Å². The summed E-state index contributed by atoms with van der Waals surface area (Å²) < 4.78 is 62.3. The largest absolute Gasteiger partial charge is 0.444 e. The molecule has 1 aliphatic heterocycles. The Morgan fingerprint density at radius 3 is 2.26 bits per heavy atom. The SMILES string of the molecule is Cn1ncc(NC(=O)c2nc(-c3c(F)cccc3F)sc2NC(=O)OC(C)(C)C)c1[C@H]1CC[C@H](F)[C@@H](NC(=O)OC(C)(C)C)CO1. The summed E-state index contributed by atoms with van der Waals surface area (Å²) in [5.41, 5.74) is -1.85. The fourth-order valence-corrected chi connectivity index (χ4v) is 5.59. The van der Waals surface area contributed by atoms with Crippen LogP contribution in [0.2, 0.25) is 0 Å². The first kappa shape index (κ1) is 34.7. The minimum Gasteiger partial charge on any atom is -0.444 e. The number of ether oxygens (including phenoxy) is 3. The van der Waals surface area contributed by atoms with Crippen molar-refractivity contribution >= 4 is 40.1 Å². The molecule has 0 radical (unpaired) electrons. The third kappa shape index (κ3) is 8.75. The van der Waals surface area contributed by atoms with E-state index in [1.807, 2.05) is 0 Å². The van der Waals surface area contributed by atoms with Gasteiger partial charge in [-0.15, -0.1) is 0 Å². The molecule has 0 unspecified atom stereocenters. The monoisotopic (exact) mass is 666 g/mol. The van der Waals surface area contributed by atoms with Crippen molar-refractivity contribution in [3.63, 3.8) is 0 Å². The number of hydrogen-bond donors (Lipinski definition) is 3. The summed E-state index contributed by atoms with van der Waals surface area (Å²) in [4.78, 5) is 42.7. The number of nitrogens with one attached hydrogen (secondary N) is 3. The molecule has 0 bridgehead atoms. The molecule has 1 fully saturated rings. The van der Waals surface area contributed by atoms with E-state index in [1.165, 1.54) is 16.9 Å². The Kier molecular flexibility index (Phi) is 10.3. The van der Waals surface area contributed by atoms with Crippen molar-refractivity contribution in [2.75, 3.05) is 17.2 Å². The minimum absolute atomic E-state index is 0.0251. The molecular formula is C30H37F3N6O6S. The molecule has 0 saturated carbocycles. The normalized spacial score (nSPS) is 18.8. The van der Waals surface area contributed by atoms with Gasteiger partial charge in [-0.2, -0.15) is 5.10 Å². The lowest BCUT2D eigenvalue weighted by molar-refractivity contribution is 0.0247. The van der Waals surface area contributed by atoms with E-state index in [2.05, 4.69) is 26.0 Å². The number of alkyl halides is 1. The fourth-order valence-electron chi connectivity index (χ4n) is 4.60. The zero-order valence-electron chi connectivity index (χ0n) is 26.5. The molecule has 3 atom stereocenters. The molecule has 46 heavy (non-hydrogen) atoms. The Hall–Kier alpha value is -4.18. The Balaban J connectivity index is 1.59. The molecule has 0 aliphatic carbocycles. The van der Waals surface area contributed by atoms with Crippen LogP contribution in [0.3, 0.4) is 0 Å². The van der Waals surface area contributed by atoms with E-state index >= 15 is 4.39 Å². The number of carbonyl (C=O) groups is 3. The van der Waals surface area contributed by atoms with E-state index < -0.39 is 64.8 Å². The Labute approximate surface area is 268 Å². The van der Waals surface area contributed by atoms with Crippen molar-refractivity contribution in [2.45, 2.75) is 83.9 Å². The molecule has 16 heteroatoms. The van der Waals surface area contributed by atoms with Gasteiger partial charge in [-0.25, -0.2) is 27.7 Å². The van der Waals surface area contributed by atoms with Crippen molar-refractivity contribution in [3.8, 4) is 10.6 Å². The molecule has 3 amide bonds. The predicted octanol–water partition coefficient (Wildman–Crippen LogP) is 6.50. The fraction of sp³-hybridized carbons (Fsp3) is 0.500. The summed E-state index contributed by atoms with van der Waals surface area (Å²) in [6.07, 6.45) is -2.27. The number of amides is 3. The van der Waals surface area contributed by atoms with Crippen LogP contribution in [0.1, 0.15) is 76.7 Å². The average molecular weight is 667 g/mol. The predicted molar refractivity (Wildman–Crippen MR) is 164 cm³/mol. The van der Waals surface area contributed by atoms with Crippen molar-refractivity contribution in [2.24, 2.45) is 7.05 Å². The molecular weight excluding hydrogens is 629 g/mol. The van der Waals surface area contributed by atoms with E-state index in [4.69, 9.17) is 14.2 Å². The number of halogens is 3. The molecule has 1 aliphatic rings. The Bertz CT molecular complexity index is 1580. The second-order valence-corrected chi connectivity index (χ2v) is 13.6. The van der Waals surface area contributed by atoms with E-state index in [0.717, 1.165) is 12.1 Å². The third-order valence-electron chi connectivity index (χ3n) is 6.49. The lowest BCUT2D eigenvalue weighted by atomic mass is 10.1. The zero-order valence-corrected chi connectivity index (χ0v) is 27.3. The highest BCUT2D eigenvalue weighted by atomic mass is 32.1. The van der Waals surface area contributed by atoms with Crippen LogP contribution in [0, 0.1) is 11.6 Å². The van der Waals surface area contributed by atoms with E-state index in [-0.39, 0.29) is 40.8 Å². The smallest absolute Gasteiger partial charge is 0.412 e. The maximum atomic E-state index is 15.1. The van der Waals surface area contributed by atoms with Gasteiger partial charge in [-0.3, -0.25) is 14.8 Å². The molecule has 0 spiro atoms. The summed E-state index contributed by atoms with van der Waals surface area (Å²) in [5, 5.41) is 11.6. The van der Waals surface area contributed by atoms with Gasteiger partial charge in [0.2, 0.25) is 0 Å². The van der Waals surface area contributed by atoms with Crippen LogP contribution in [0.25, 0.3) is 10.6 Å². The average Bonchev–Trinajstić information content (AvgIpc) is 3.43. The number of thiazole rings is 1. The molecule has 3 N–H and O–H groups in total. The molecule has 250 valence electrons. The number of nitrogens with zero attached hydrogens (tertiary/aromatic N) is 3. The standard InChI is InChI=1S/C30H37F3N6O6S/c1-29(2,3)44-27(41)36-19-14-43-20(12-11-15(19)31)23-18(13-34-39(23)7)35-24(40)22-26(38-28(42)45-30(4,5)6)46-25(37-22)21-16(32)9-8-10-17(21)33/h8-10,13,15,19-20H,11-12,14H2,1-7H3,(H,35,40)(H,36,41)(H,38,42)/t15-,19-,20+/m0/s1. The third-order valence-corrected chi connectivity index (χ3v) is 7.48. The van der Waals surface area contributed by atoms with Crippen LogP contribution < -0.4 is 16.0 Å². The quantitative estimate of drug-likeness (QED) is 0.270. The molecule has 1 saturated heterocycles. The molecule has 1 aromatic carbocycles. The van der Waals surface area contributed by atoms with E-state index in [0.29, 0.717) is 17.0 Å². The number of rotatable bonds is 6. The molecule has 12 nitrogen and oxygen atoms in total. The van der Waals surface area contributed by atoms with Gasteiger partial charge in [0.05, 0.1) is 35.8 Å². The Morgan fingerprint density at radius 2 is 1.63 bits per heavy atom. The molecule has 3 heterocycles.